The van der Waals surface area contributed by atoms with Gasteiger partial charge in [0.1, 0.15) is 11.7 Å². The first-order valence-electron chi connectivity index (χ1n) is 9.55. The summed E-state index contributed by atoms with van der Waals surface area (Å²) < 4.78 is 41.5. The highest BCUT2D eigenvalue weighted by Crippen LogP contribution is 2.41. The van der Waals surface area contributed by atoms with Crippen molar-refractivity contribution in [1.82, 2.24) is 15.2 Å². The number of hydrogen-bond acceptors (Lipinski definition) is 8. The molecule has 0 bridgehead atoms. The maximum Gasteiger partial charge on any atom is 0.573 e. The predicted octanol–water partition coefficient (Wildman–Crippen LogP) is 3.60. The lowest BCUT2D eigenvalue weighted by Crippen LogP contribution is -2.31. The fourth-order valence-corrected chi connectivity index (χ4v) is 4.25. The van der Waals surface area contributed by atoms with Gasteiger partial charge in [-0.25, -0.2) is 4.98 Å². The largest absolute Gasteiger partial charge is 0.573 e. The average Bonchev–Trinajstić information content (AvgIpc) is 3.29. The molecule has 1 saturated heterocycles. The summed E-state index contributed by atoms with van der Waals surface area (Å²) in [5.74, 6) is -4.50. The van der Waals surface area contributed by atoms with E-state index >= 15 is 0 Å². The number of alkyl halides is 3. The van der Waals surface area contributed by atoms with E-state index in [0.717, 1.165) is 33.2 Å². The van der Waals surface area contributed by atoms with Crippen LogP contribution < -0.4 is 9.64 Å². The third-order valence-electron chi connectivity index (χ3n) is 4.91. The van der Waals surface area contributed by atoms with E-state index in [0.29, 0.717) is 5.69 Å². The van der Waals surface area contributed by atoms with Gasteiger partial charge < -0.3 is 4.74 Å². The lowest BCUT2D eigenvalue weighted by atomic mass is 9.89. The monoisotopic (exact) mass is 476 g/mol. The minimum absolute atomic E-state index is 0.0326. The number of anilines is 1. The maximum absolute atomic E-state index is 13.2. The van der Waals surface area contributed by atoms with Crippen LogP contribution in [-0.2, 0) is 9.59 Å². The highest BCUT2D eigenvalue weighted by molar-refractivity contribution is 7.13. The van der Waals surface area contributed by atoms with E-state index in [-0.39, 0.29) is 16.4 Å². The number of hydrogen-bond donors (Lipinski definition) is 0. The Morgan fingerprint density at radius 2 is 1.76 bits per heavy atom. The Balaban J connectivity index is 1.80. The van der Waals surface area contributed by atoms with Crippen LogP contribution in [0.15, 0.2) is 42.6 Å². The van der Waals surface area contributed by atoms with E-state index in [9.17, 15) is 27.6 Å². The second-order valence-electron chi connectivity index (χ2n) is 7.25. The summed E-state index contributed by atoms with van der Waals surface area (Å²) >= 11 is 1.08. The molecule has 12 heteroatoms. The van der Waals surface area contributed by atoms with Gasteiger partial charge in [0.05, 0.1) is 11.7 Å². The van der Waals surface area contributed by atoms with E-state index in [2.05, 4.69) is 19.9 Å². The summed E-state index contributed by atoms with van der Waals surface area (Å²) in [4.78, 5) is 44.9. The number of benzene rings is 1. The number of Topliss-reactive ketones (excluding diaryl/α,β-unsaturated/α-hetero) is 2. The Labute approximate surface area is 189 Å². The van der Waals surface area contributed by atoms with Crippen molar-refractivity contribution in [3.8, 4) is 5.75 Å². The zero-order valence-corrected chi connectivity index (χ0v) is 18.0. The topological polar surface area (TPSA) is 102 Å². The van der Waals surface area contributed by atoms with Gasteiger partial charge in [0, 0.05) is 11.1 Å². The van der Waals surface area contributed by atoms with Crippen molar-refractivity contribution in [2.24, 2.45) is 5.92 Å². The Hall–Kier alpha value is -3.67. The molecule has 0 radical (unpaired) electrons. The number of halogens is 3. The number of nitrogens with zero attached hydrogens (tertiary/aromatic N) is 4. The van der Waals surface area contributed by atoms with Crippen LogP contribution in [0.2, 0.25) is 0 Å². The second-order valence-corrected chi connectivity index (χ2v) is 8.49. The Kier molecular flexibility index (Phi) is 5.70. The third kappa shape index (κ3) is 4.46. The molecule has 1 aliphatic heterocycles. The average molecular weight is 476 g/mol. The summed E-state index contributed by atoms with van der Waals surface area (Å²) in [5, 5.41) is 7.92. The number of aryl methyl sites for hydroxylation is 2. The fourth-order valence-electron chi connectivity index (χ4n) is 3.51. The van der Waals surface area contributed by atoms with Crippen molar-refractivity contribution in [2.45, 2.75) is 26.3 Å². The lowest BCUT2D eigenvalue weighted by Gasteiger charge is -2.26. The fraction of sp³-hybridized carbons (Fsp3) is 0.238. The lowest BCUT2D eigenvalue weighted by molar-refractivity contribution is -0.274. The van der Waals surface area contributed by atoms with Gasteiger partial charge in [-0.2, -0.15) is 5.10 Å². The highest BCUT2D eigenvalue weighted by atomic mass is 32.1. The number of amides is 1. The molecule has 3 aromatic rings. The van der Waals surface area contributed by atoms with Crippen LogP contribution in [-0.4, -0.2) is 39.0 Å². The second kappa shape index (κ2) is 8.35. The molecule has 0 spiro atoms. The first-order chi connectivity index (χ1) is 15.5. The number of carbonyl (C=O) groups excluding carboxylic acids is 3. The van der Waals surface area contributed by atoms with Crippen LogP contribution in [0.4, 0.5) is 19.0 Å². The maximum atomic E-state index is 13.2. The highest BCUT2D eigenvalue weighted by Gasteiger charge is 2.53. The Bertz CT molecular complexity index is 1230. The van der Waals surface area contributed by atoms with Crippen LogP contribution in [0.5, 0.6) is 5.75 Å². The number of aromatic nitrogens is 3. The van der Waals surface area contributed by atoms with Crippen LogP contribution in [0, 0.1) is 19.8 Å². The van der Waals surface area contributed by atoms with Crippen molar-refractivity contribution >= 4 is 34.6 Å². The Morgan fingerprint density at radius 1 is 1.06 bits per heavy atom. The number of carbonyl (C=O) groups is 3. The van der Waals surface area contributed by atoms with Gasteiger partial charge in [-0.1, -0.05) is 12.1 Å². The Morgan fingerprint density at radius 3 is 2.30 bits per heavy atom. The molecule has 33 heavy (non-hydrogen) atoms. The van der Waals surface area contributed by atoms with Crippen LogP contribution in [0.25, 0.3) is 0 Å². The normalized spacial score (nSPS) is 18.6. The molecule has 1 aliphatic rings. The summed E-state index contributed by atoms with van der Waals surface area (Å²) in [6, 6.07) is 6.52. The van der Waals surface area contributed by atoms with Crippen LogP contribution >= 0.6 is 11.3 Å². The predicted molar refractivity (Wildman–Crippen MR) is 110 cm³/mol. The molecular weight excluding hydrogens is 461 g/mol. The molecule has 4 rings (SSSR count). The van der Waals surface area contributed by atoms with Gasteiger partial charge in [-0.15, -0.1) is 29.6 Å². The summed E-state index contributed by atoms with van der Waals surface area (Å²) in [5.41, 5.74) is 0.811. The third-order valence-corrected chi connectivity index (χ3v) is 5.83. The number of ether oxygens (including phenoxy) is 1. The minimum atomic E-state index is -4.88. The summed E-state index contributed by atoms with van der Waals surface area (Å²) in [6.45, 7) is 3.42. The molecule has 1 fully saturated rings. The van der Waals surface area contributed by atoms with Crippen molar-refractivity contribution < 1.29 is 32.3 Å². The van der Waals surface area contributed by atoms with E-state index < -0.39 is 41.5 Å². The SMILES string of the molecule is Cc1ccc(N2C(=O)C(=O)C(C(=O)c3ncc(C)s3)C2c2ccc(OC(F)(F)F)cc2)nn1. The standard InChI is InChI=1S/C21H15F3N4O4S/c1-10-3-8-14(27-26-10)28-16(12-4-6-13(7-5-12)32-21(22,23)24)15(18(30)20(28)31)17(29)19-25-9-11(2)33-19/h3-9,15-16H,1-2H3. The molecule has 1 aromatic carbocycles. The van der Waals surface area contributed by atoms with Crippen molar-refractivity contribution in [2.75, 3.05) is 4.90 Å². The zero-order valence-electron chi connectivity index (χ0n) is 17.2. The number of ketones is 2. The molecule has 2 atom stereocenters. The first-order valence-corrected chi connectivity index (χ1v) is 10.4. The number of rotatable bonds is 5. The van der Waals surface area contributed by atoms with Crippen LogP contribution in [0.3, 0.4) is 0 Å². The van der Waals surface area contributed by atoms with Crippen molar-refractivity contribution in [1.29, 1.82) is 0 Å². The van der Waals surface area contributed by atoms with E-state index in [1.54, 1.807) is 19.9 Å². The van der Waals surface area contributed by atoms with Gasteiger partial charge in [0.15, 0.2) is 10.8 Å². The smallest absolute Gasteiger partial charge is 0.406 e. The van der Waals surface area contributed by atoms with E-state index in [1.807, 2.05) is 0 Å². The van der Waals surface area contributed by atoms with E-state index in [1.165, 1.54) is 24.4 Å². The minimum Gasteiger partial charge on any atom is -0.406 e. The molecule has 1 amide bonds. The van der Waals surface area contributed by atoms with Gasteiger partial charge in [-0.05, 0) is 43.7 Å². The molecule has 8 nitrogen and oxygen atoms in total. The summed E-state index contributed by atoms with van der Waals surface area (Å²) in [7, 11) is 0. The van der Waals surface area contributed by atoms with Crippen LogP contribution in [0.1, 0.15) is 32.0 Å². The van der Waals surface area contributed by atoms with E-state index in [4.69, 9.17) is 0 Å². The molecule has 0 saturated carbocycles. The first kappa shape index (κ1) is 22.5. The quantitative estimate of drug-likeness (QED) is 0.315. The molecular formula is C21H15F3N4O4S. The molecule has 3 heterocycles. The molecule has 2 aromatic heterocycles. The summed E-state index contributed by atoms with van der Waals surface area (Å²) in [6.07, 6.45) is -3.41. The number of thiazole rings is 1. The van der Waals surface area contributed by atoms with Gasteiger partial charge in [0.2, 0.25) is 11.6 Å². The molecule has 0 aliphatic carbocycles. The van der Waals surface area contributed by atoms with Gasteiger partial charge in [-0.3, -0.25) is 19.3 Å². The molecule has 0 N–H and O–H groups in total. The van der Waals surface area contributed by atoms with Crippen molar-refractivity contribution in [3.63, 3.8) is 0 Å². The van der Waals surface area contributed by atoms with Gasteiger partial charge in [0.25, 0.3) is 5.91 Å². The molecule has 2 unspecified atom stereocenters. The van der Waals surface area contributed by atoms with Crippen molar-refractivity contribution in [3.05, 3.63) is 63.7 Å². The zero-order chi connectivity index (χ0) is 23.9. The molecule has 170 valence electrons. The van der Waals surface area contributed by atoms with Gasteiger partial charge >= 0.3 is 6.36 Å².